The molecule has 132 valence electrons. The van der Waals surface area contributed by atoms with Crippen LogP contribution in [0.1, 0.15) is 65.2 Å². The Morgan fingerprint density at radius 1 is 0.500 bits per heavy atom. The van der Waals surface area contributed by atoms with Crippen LogP contribution in [0.2, 0.25) is 0 Å². The lowest BCUT2D eigenvalue weighted by atomic mass is 10.2. The van der Waals surface area contributed by atoms with E-state index in [1.165, 1.54) is 77.5 Å². The van der Waals surface area contributed by atoms with Crippen molar-refractivity contribution in [1.29, 1.82) is 0 Å². The Balaban J connectivity index is 2.15. The fourth-order valence-corrected chi connectivity index (χ4v) is 2.89. The van der Waals surface area contributed by atoms with Gasteiger partial charge in [-0.1, -0.05) is 12.8 Å². The molecule has 0 aromatic heterocycles. The van der Waals surface area contributed by atoms with Crippen molar-refractivity contribution in [2.45, 2.75) is 77.3 Å². The molecule has 1 aliphatic rings. The largest absolute Gasteiger partial charge is 0.317 e. The van der Waals surface area contributed by atoms with Crippen LogP contribution in [0, 0.1) is 0 Å². The first kappa shape index (κ1) is 19.9. The Kier molecular flexibility index (Phi) is 13.0. The fraction of sp³-hybridized carbons (Fsp3) is 1.00. The lowest BCUT2D eigenvalue weighted by Crippen LogP contribution is -2.32. The van der Waals surface area contributed by atoms with E-state index in [0.29, 0.717) is 12.1 Å². The highest BCUT2D eigenvalue weighted by atomic mass is 14.9. The summed E-state index contributed by atoms with van der Waals surface area (Å²) >= 11 is 0. The quantitative estimate of drug-likeness (QED) is 0.554. The topological polar surface area (TPSA) is 48.1 Å². The molecule has 1 saturated heterocycles. The van der Waals surface area contributed by atoms with Crippen molar-refractivity contribution in [1.82, 2.24) is 21.3 Å². The van der Waals surface area contributed by atoms with Crippen molar-refractivity contribution >= 4 is 0 Å². The molecule has 0 bridgehead atoms. The summed E-state index contributed by atoms with van der Waals surface area (Å²) < 4.78 is 0. The number of rotatable bonds is 0. The maximum absolute atomic E-state index is 3.64. The first-order valence-corrected chi connectivity index (χ1v) is 9.67. The molecule has 2 atom stereocenters. The van der Waals surface area contributed by atoms with Crippen LogP contribution < -0.4 is 21.3 Å². The molecule has 0 radical (unpaired) electrons. The van der Waals surface area contributed by atoms with Crippen LogP contribution in [0.5, 0.6) is 0 Å². The van der Waals surface area contributed by atoms with Gasteiger partial charge in [-0.15, -0.1) is 0 Å². The number of hydrogen-bond donors (Lipinski definition) is 4. The van der Waals surface area contributed by atoms with E-state index in [1.807, 2.05) is 0 Å². The van der Waals surface area contributed by atoms with Gasteiger partial charge in [0, 0.05) is 12.1 Å². The zero-order chi connectivity index (χ0) is 15.9. The maximum atomic E-state index is 3.64. The second-order valence-electron chi connectivity index (χ2n) is 6.91. The molecule has 4 N–H and O–H groups in total. The highest BCUT2D eigenvalue weighted by Crippen LogP contribution is 1.98. The zero-order valence-electron chi connectivity index (χ0n) is 15.1. The lowest BCUT2D eigenvalue weighted by molar-refractivity contribution is 0.455. The van der Waals surface area contributed by atoms with E-state index in [0.717, 1.165) is 13.1 Å². The molecule has 1 aliphatic heterocycles. The molecule has 1 heterocycles. The van der Waals surface area contributed by atoms with Crippen molar-refractivity contribution in [3.05, 3.63) is 0 Å². The van der Waals surface area contributed by atoms with Gasteiger partial charge in [0.05, 0.1) is 0 Å². The third-order valence-electron chi connectivity index (χ3n) is 4.55. The number of hydrogen-bond acceptors (Lipinski definition) is 4. The van der Waals surface area contributed by atoms with Gasteiger partial charge < -0.3 is 21.3 Å². The Hall–Kier alpha value is -0.160. The van der Waals surface area contributed by atoms with E-state index in [1.54, 1.807) is 0 Å². The van der Waals surface area contributed by atoms with Gasteiger partial charge in [-0.3, -0.25) is 0 Å². The first-order chi connectivity index (χ1) is 10.8. The Bertz CT molecular complexity index is 191. The predicted octanol–water partition coefficient (Wildman–Crippen LogP) is 2.26. The Morgan fingerprint density at radius 2 is 0.909 bits per heavy atom. The van der Waals surface area contributed by atoms with Crippen LogP contribution in [-0.4, -0.2) is 51.4 Å². The third kappa shape index (κ3) is 12.4. The van der Waals surface area contributed by atoms with Gasteiger partial charge in [-0.25, -0.2) is 0 Å². The lowest BCUT2D eigenvalue weighted by Gasteiger charge is -2.16. The average molecular weight is 313 g/mol. The van der Waals surface area contributed by atoms with E-state index in [9.17, 15) is 0 Å². The van der Waals surface area contributed by atoms with Gasteiger partial charge in [0.2, 0.25) is 0 Å². The van der Waals surface area contributed by atoms with E-state index in [4.69, 9.17) is 0 Å². The van der Waals surface area contributed by atoms with E-state index >= 15 is 0 Å². The van der Waals surface area contributed by atoms with Crippen LogP contribution >= 0.6 is 0 Å². The van der Waals surface area contributed by atoms with Gasteiger partial charge >= 0.3 is 0 Å². The van der Waals surface area contributed by atoms with E-state index < -0.39 is 0 Å². The summed E-state index contributed by atoms with van der Waals surface area (Å²) in [4.78, 5) is 0. The molecule has 2 unspecified atom stereocenters. The predicted molar refractivity (Wildman–Crippen MR) is 97.6 cm³/mol. The van der Waals surface area contributed by atoms with Crippen molar-refractivity contribution < 1.29 is 0 Å². The van der Waals surface area contributed by atoms with Gasteiger partial charge in [-0.2, -0.15) is 0 Å². The minimum absolute atomic E-state index is 0.641. The third-order valence-corrected chi connectivity index (χ3v) is 4.55. The van der Waals surface area contributed by atoms with Gasteiger partial charge in [0.1, 0.15) is 0 Å². The van der Waals surface area contributed by atoms with Crippen LogP contribution in [-0.2, 0) is 0 Å². The second-order valence-corrected chi connectivity index (χ2v) is 6.91. The molecule has 22 heavy (non-hydrogen) atoms. The molecular weight excluding hydrogens is 272 g/mol. The average Bonchev–Trinajstić information content (AvgIpc) is 2.50. The monoisotopic (exact) mass is 312 g/mol. The van der Waals surface area contributed by atoms with Crippen molar-refractivity contribution in [3.63, 3.8) is 0 Å². The smallest absolute Gasteiger partial charge is 0.00508 e. The van der Waals surface area contributed by atoms with Crippen LogP contribution in [0.25, 0.3) is 0 Å². The molecule has 0 aromatic carbocycles. The van der Waals surface area contributed by atoms with Crippen LogP contribution in [0.4, 0.5) is 0 Å². The summed E-state index contributed by atoms with van der Waals surface area (Å²) in [6, 6.07) is 1.28. The summed E-state index contributed by atoms with van der Waals surface area (Å²) in [5.41, 5.74) is 0. The Morgan fingerprint density at radius 3 is 1.36 bits per heavy atom. The minimum atomic E-state index is 0.641. The summed E-state index contributed by atoms with van der Waals surface area (Å²) in [6.45, 7) is 11.6. The highest BCUT2D eigenvalue weighted by Gasteiger charge is 2.02. The fourth-order valence-electron chi connectivity index (χ4n) is 2.89. The summed E-state index contributed by atoms with van der Waals surface area (Å²) in [5.74, 6) is 0. The summed E-state index contributed by atoms with van der Waals surface area (Å²) in [6.07, 6.45) is 10.4. The Labute approximate surface area is 138 Å². The first-order valence-electron chi connectivity index (χ1n) is 9.67. The maximum Gasteiger partial charge on any atom is 0.00508 e. The molecule has 4 heteroatoms. The van der Waals surface area contributed by atoms with Gasteiger partial charge in [0.25, 0.3) is 0 Å². The molecule has 1 fully saturated rings. The second kappa shape index (κ2) is 14.4. The number of nitrogens with one attached hydrogen (secondary N) is 4. The molecule has 0 aromatic rings. The van der Waals surface area contributed by atoms with Crippen molar-refractivity contribution in [2.75, 3.05) is 39.3 Å². The van der Waals surface area contributed by atoms with Crippen molar-refractivity contribution in [3.8, 4) is 0 Å². The summed E-state index contributed by atoms with van der Waals surface area (Å²) in [5, 5.41) is 14.4. The minimum Gasteiger partial charge on any atom is -0.317 e. The van der Waals surface area contributed by atoms with E-state index in [2.05, 4.69) is 35.1 Å². The van der Waals surface area contributed by atoms with Gasteiger partial charge in [0.15, 0.2) is 0 Å². The molecule has 1 rings (SSSR count). The molecule has 4 nitrogen and oxygen atoms in total. The van der Waals surface area contributed by atoms with Crippen LogP contribution in [0.15, 0.2) is 0 Å². The normalized spacial score (nSPS) is 29.7. The van der Waals surface area contributed by atoms with Crippen LogP contribution in [0.3, 0.4) is 0 Å². The molecular formula is C18H40N4. The SMILES string of the molecule is CC1CCNCCCCCNC(C)CCNCCCCCN1. The summed E-state index contributed by atoms with van der Waals surface area (Å²) in [7, 11) is 0. The zero-order valence-corrected chi connectivity index (χ0v) is 15.1. The standard InChI is InChI=1S/C18H40N4/c1-17-9-15-19-11-6-4-8-14-22-18(2)10-16-20-12-5-3-7-13-21-17/h17-22H,3-16H2,1-2H3. The molecule has 0 amide bonds. The van der Waals surface area contributed by atoms with Crippen molar-refractivity contribution in [2.24, 2.45) is 0 Å². The molecule has 0 spiro atoms. The van der Waals surface area contributed by atoms with E-state index in [-0.39, 0.29) is 0 Å². The molecule has 0 aliphatic carbocycles. The highest BCUT2D eigenvalue weighted by molar-refractivity contribution is 4.65. The van der Waals surface area contributed by atoms with Gasteiger partial charge in [-0.05, 0) is 91.6 Å². The molecule has 0 saturated carbocycles.